The minimum Gasteiger partial charge on any atom is -0.352 e. The van der Waals surface area contributed by atoms with Crippen molar-refractivity contribution < 1.29 is 4.79 Å². The molecule has 0 unspecified atom stereocenters. The van der Waals surface area contributed by atoms with Crippen molar-refractivity contribution in [2.45, 2.75) is 70.9 Å². The number of hydrogen-bond donors (Lipinski definition) is 1. The summed E-state index contributed by atoms with van der Waals surface area (Å²) in [4.78, 5) is 12.8. The van der Waals surface area contributed by atoms with Crippen molar-refractivity contribution in [2.24, 2.45) is 11.8 Å². The maximum Gasteiger partial charge on any atom is 0.222 e. The summed E-state index contributed by atoms with van der Waals surface area (Å²) < 4.78 is 1.98. The van der Waals surface area contributed by atoms with Gasteiger partial charge in [0.15, 0.2) is 0 Å². The summed E-state index contributed by atoms with van der Waals surface area (Å²) >= 11 is 0. The molecule has 0 spiro atoms. The second-order valence-electron chi connectivity index (χ2n) is 8.57. The van der Waals surface area contributed by atoms with Crippen LogP contribution in [0, 0.1) is 25.7 Å². The van der Waals surface area contributed by atoms with E-state index in [1.807, 2.05) is 11.6 Å². The number of nitrogens with one attached hydrogen (secondary N) is 1. The molecular weight excluding hydrogens is 334 g/mol. The number of carbonyl (C=O) groups excluding carboxylic acids is 1. The lowest BCUT2D eigenvalue weighted by atomic mass is 9.53. The van der Waals surface area contributed by atoms with Gasteiger partial charge in [-0.25, -0.2) is 0 Å². The molecule has 0 bridgehead atoms. The SMILES string of the molecule is Cc1cc(C)n([C@H](C)CC(=O)N[C@H]2[C@@H]3CCCC[C@H]3[C@@H]2c2ccccc2)n1. The van der Waals surface area contributed by atoms with Gasteiger partial charge in [-0.1, -0.05) is 43.2 Å². The molecule has 1 heterocycles. The molecule has 144 valence electrons. The van der Waals surface area contributed by atoms with E-state index < -0.39 is 0 Å². The summed E-state index contributed by atoms with van der Waals surface area (Å²) in [5, 5.41) is 7.95. The molecule has 2 aliphatic carbocycles. The van der Waals surface area contributed by atoms with Crippen LogP contribution in [0.4, 0.5) is 0 Å². The van der Waals surface area contributed by atoms with Gasteiger partial charge in [0, 0.05) is 24.1 Å². The Balaban J connectivity index is 1.45. The van der Waals surface area contributed by atoms with E-state index in [1.165, 1.54) is 31.2 Å². The van der Waals surface area contributed by atoms with E-state index in [2.05, 4.69) is 60.7 Å². The van der Waals surface area contributed by atoms with Gasteiger partial charge in [0.05, 0.1) is 11.7 Å². The Morgan fingerprint density at radius 3 is 2.56 bits per heavy atom. The standard InChI is InChI=1S/C23H31N3O/c1-15-13-16(2)26(25-15)17(3)14-21(27)24-23-20-12-8-7-11-19(20)22(23)18-9-5-4-6-10-18/h4-6,9-10,13,17,19-20,22-23H,7-8,11-12,14H2,1-3H3,(H,24,27)/t17-,19-,20-,22+,23+/m1/s1. The van der Waals surface area contributed by atoms with Crippen LogP contribution in [0.25, 0.3) is 0 Å². The first-order valence-corrected chi connectivity index (χ1v) is 10.4. The van der Waals surface area contributed by atoms with Gasteiger partial charge < -0.3 is 5.32 Å². The van der Waals surface area contributed by atoms with Crippen LogP contribution >= 0.6 is 0 Å². The average molecular weight is 366 g/mol. The monoisotopic (exact) mass is 365 g/mol. The van der Waals surface area contributed by atoms with Crippen molar-refractivity contribution in [1.29, 1.82) is 0 Å². The van der Waals surface area contributed by atoms with Gasteiger partial charge >= 0.3 is 0 Å². The number of aryl methyl sites for hydroxylation is 2. The molecule has 2 aliphatic rings. The van der Waals surface area contributed by atoms with Gasteiger partial charge in [-0.2, -0.15) is 5.10 Å². The summed E-state index contributed by atoms with van der Waals surface area (Å²) in [7, 11) is 0. The minimum absolute atomic E-state index is 0.0797. The first-order valence-electron chi connectivity index (χ1n) is 10.4. The Hall–Kier alpha value is -2.10. The summed E-state index contributed by atoms with van der Waals surface area (Å²) in [6, 6.07) is 13.2. The molecule has 0 radical (unpaired) electrons. The van der Waals surface area contributed by atoms with Gasteiger partial charge in [-0.3, -0.25) is 9.48 Å². The van der Waals surface area contributed by atoms with Crippen molar-refractivity contribution in [3.8, 4) is 0 Å². The highest BCUT2D eigenvalue weighted by molar-refractivity contribution is 5.77. The molecule has 4 rings (SSSR count). The third kappa shape index (κ3) is 3.54. The molecule has 4 nitrogen and oxygen atoms in total. The lowest BCUT2D eigenvalue weighted by Crippen LogP contribution is -2.59. The van der Waals surface area contributed by atoms with E-state index >= 15 is 0 Å². The molecule has 0 saturated heterocycles. The first-order chi connectivity index (χ1) is 13.0. The highest BCUT2D eigenvalue weighted by Gasteiger charge is 2.51. The largest absolute Gasteiger partial charge is 0.352 e. The van der Waals surface area contributed by atoms with E-state index in [0.717, 1.165) is 17.3 Å². The maximum atomic E-state index is 12.8. The normalized spacial score (nSPS) is 28.1. The second kappa shape index (κ2) is 7.49. The molecule has 1 N–H and O–H groups in total. The van der Waals surface area contributed by atoms with E-state index in [-0.39, 0.29) is 18.0 Å². The Labute approximate surface area is 162 Å². The second-order valence-corrected chi connectivity index (χ2v) is 8.57. The number of amides is 1. The summed E-state index contributed by atoms with van der Waals surface area (Å²) in [6.45, 7) is 6.13. The number of benzene rings is 1. The molecule has 2 fully saturated rings. The van der Waals surface area contributed by atoms with Gasteiger partial charge in [0.2, 0.25) is 5.91 Å². The fourth-order valence-electron chi connectivity index (χ4n) is 5.49. The van der Waals surface area contributed by atoms with Gasteiger partial charge in [0.1, 0.15) is 0 Å². The van der Waals surface area contributed by atoms with Crippen LogP contribution in [0.1, 0.15) is 67.9 Å². The molecule has 2 saturated carbocycles. The average Bonchev–Trinajstić information content (AvgIpc) is 2.99. The fourth-order valence-corrected chi connectivity index (χ4v) is 5.49. The van der Waals surface area contributed by atoms with Crippen molar-refractivity contribution >= 4 is 5.91 Å². The molecule has 1 amide bonds. The molecule has 27 heavy (non-hydrogen) atoms. The number of rotatable bonds is 5. The molecular formula is C23H31N3O. The molecule has 2 aromatic rings. The molecule has 1 aromatic carbocycles. The first kappa shape index (κ1) is 18.3. The van der Waals surface area contributed by atoms with Gasteiger partial charge in [0.25, 0.3) is 0 Å². The van der Waals surface area contributed by atoms with Crippen LogP contribution in [0.3, 0.4) is 0 Å². The van der Waals surface area contributed by atoms with E-state index in [4.69, 9.17) is 0 Å². The Morgan fingerprint density at radius 1 is 1.19 bits per heavy atom. The maximum absolute atomic E-state index is 12.8. The number of fused-ring (bicyclic) bond motifs is 1. The van der Waals surface area contributed by atoms with E-state index in [9.17, 15) is 4.79 Å². The predicted octanol–water partition coefficient (Wildman–Crippen LogP) is 4.54. The van der Waals surface area contributed by atoms with Crippen LogP contribution in [0.15, 0.2) is 36.4 Å². The van der Waals surface area contributed by atoms with Gasteiger partial charge in [-0.15, -0.1) is 0 Å². The van der Waals surface area contributed by atoms with Crippen molar-refractivity contribution in [3.63, 3.8) is 0 Å². The molecule has 1 aromatic heterocycles. The molecule has 0 aliphatic heterocycles. The van der Waals surface area contributed by atoms with Crippen LogP contribution in [-0.4, -0.2) is 21.7 Å². The topological polar surface area (TPSA) is 46.9 Å². The van der Waals surface area contributed by atoms with Crippen molar-refractivity contribution in [2.75, 3.05) is 0 Å². The summed E-state index contributed by atoms with van der Waals surface area (Å²) in [5.41, 5.74) is 3.51. The zero-order valence-corrected chi connectivity index (χ0v) is 16.7. The Bertz CT molecular complexity index is 797. The van der Waals surface area contributed by atoms with Crippen LogP contribution in [0.2, 0.25) is 0 Å². The zero-order chi connectivity index (χ0) is 19.0. The lowest BCUT2D eigenvalue weighted by Gasteiger charge is -2.55. The fraction of sp³-hybridized carbons (Fsp3) is 0.565. The Kier molecular flexibility index (Phi) is 5.07. The van der Waals surface area contributed by atoms with Gasteiger partial charge in [-0.05, 0) is 57.1 Å². The van der Waals surface area contributed by atoms with Crippen molar-refractivity contribution in [1.82, 2.24) is 15.1 Å². The highest BCUT2D eigenvalue weighted by atomic mass is 16.1. The smallest absolute Gasteiger partial charge is 0.222 e. The van der Waals surface area contributed by atoms with Crippen molar-refractivity contribution in [3.05, 3.63) is 53.3 Å². The predicted molar refractivity (Wildman–Crippen MR) is 108 cm³/mol. The summed E-state index contributed by atoms with van der Waals surface area (Å²) in [6.07, 6.45) is 5.68. The number of aromatic nitrogens is 2. The zero-order valence-electron chi connectivity index (χ0n) is 16.7. The highest BCUT2D eigenvalue weighted by Crippen LogP contribution is 2.54. The number of carbonyl (C=O) groups is 1. The van der Waals surface area contributed by atoms with Crippen LogP contribution < -0.4 is 5.32 Å². The Morgan fingerprint density at radius 2 is 1.89 bits per heavy atom. The van der Waals surface area contributed by atoms with Crippen LogP contribution in [-0.2, 0) is 4.79 Å². The third-order valence-electron chi connectivity index (χ3n) is 6.64. The minimum atomic E-state index is 0.0797. The quantitative estimate of drug-likeness (QED) is 0.845. The molecule has 5 atom stereocenters. The van der Waals surface area contributed by atoms with Crippen LogP contribution in [0.5, 0.6) is 0 Å². The van der Waals surface area contributed by atoms with E-state index in [1.54, 1.807) is 0 Å². The lowest BCUT2D eigenvalue weighted by molar-refractivity contribution is -0.125. The number of hydrogen-bond acceptors (Lipinski definition) is 2. The molecule has 4 heteroatoms. The third-order valence-corrected chi connectivity index (χ3v) is 6.64. The van der Waals surface area contributed by atoms with E-state index in [0.29, 0.717) is 18.3 Å². The summed E-state index contributed by atoms with van der Waals surface area (Å²) in [5.74, 6) is 2.02. The number of nitrogens with zero attached hydrogens (tertiary/aromatic N) is 2.